The fraction of sp³-hybridized carbons (Fsp3) is 0.238. The van der Waals surface area contributed by atoms with Gasteiger partial charge in [0.05, 0.1) is 17.6 Å². The first-order valence-corrected chi connectivity index (χ1v) is 11.9. The first kappa shape index (κ1) is 21.8. The summed E-state index contributed by atoms with van der Waals surface area (Å²) in [6.45, 7) is 1.35. The number of benzene rings is 2. The quantitative estimate of drug-likeness (QED) is 0.572. The normalized spacial score (nSPS) is 14.6. The van der Waals surface area contributed by atoms with E-state index in [0.29, 0.717) is 40.1 Å². The summed E-state index contributed by atoms with van der Waals surface area (Å²) in [6.07, 6.45) is 3.30. The standard InChI is InChI=1S/C21H20Cl2N4O3S/c22-18-4-3-5-19(23)17(18)14-27-20(10-11-24-27)25-21(28)15-6-8-16(9-7-15)31(29,30)26-12-1-2-13-26/h3-11H,1-2,12-14H2,(H,25,28). The van der Waals surface area contributed by atoms with E-state index in [9.17, 15) is 13.2 Å². The highest BCUT2D eigenvalue weighted by Crippen LogP contribution is 2.26. The van der Waals surface area contributed by atoms with E-state index >= 15 is 0 Å². The molecule has 0 saturated carbocycles. The summed E-state index contributed by atoms with van der Waals surface area (Å²) in [5, 5.41) is 8.04. The van der Waals surface area contributed by atoms with Crippen LogP contribution in [0.5, 0.6) is 0 Å². The third kappa shape index (κ3) is 4.62. The molecule has 31 heavy (non-hydrogen) atoms. The Bertz CT molecular complexity index is 1180. The first-order chi connectivity index (χ1) is 14.9. The van der Waals surface area contributed by atoms with Crippen LogP contribution in [0.4, 0.5) is 5.82 Å². The van der Waals surface area contributed by atoms with Crippen LogP contribution in [0, 0.1) is 0 Å². The minimum Gasteiger partial charge on any atom is -0.307 e. The van der Waals surface area contributed by atoms with Crippen molar-refractivity contribution in [3.63, 3.8) is 0 Å². The Morgan fingerprint density at radius 2 is 1.65 bits per heavy atom. The molecule has 1 aliphatic rings. The molecule has 1 saturated heterocycles. The number of hydrogen-bond acceptors (Lipinski definition) is 4. The minimum absolute atomic E-state index is 0.185. The average Bonchev–Trinajstić information content (AvgIpc) is 3.44. The van der Waals surface area contributed by atoms with Gasteiger partial charge in [-0.1, -0.05) is 29.3 Å². The number of sulfonamides is 1. The van der Waals surface area contributed by atoms with E-state index in [1.54, 1.807) is 35.1 Å². The largest absolute Gasteiger partial charge is 0.307 e. The molecule has 1 fully saturated rings. The Kier molecular flexibility index (Phi) is 6.34. The van der Waals surface area contributed by atoms with E-state index in [0.717, 1.165) is 12.8 Å². The summed E-state index contributed by atoms with van der Waals surface area (Å²) in [7, 11) is -3.52. The van der Waals surface area contributed by atoms with Gasteiger partial charge in [0.2, 0.25) is 10.0 Å². The van der Waals surface area contributed by atoms with E-state index in [-0.39, 0.29) is 17.3 Å². The molecule has 3 aromatic rings. The highest BCUT2D eigenvalue weighted by Gasteiger charge is 2.27. The molecule has 0 spiro atoms. The second-order valence-corrected chi connectivity index (χ2v) is 9.92. The summed E-state index contributed by atoms with van der Waals surface area (Å²) >= 11 is 12.5. The topological polar surface area (TPSA) is 84.3 Å². The second-order valence-electron chi connectivity index (χ2n) is 7.16. The first-order valence-electron chi connectivity index (χ1n) is 9.72. The maximum Gasteiger partial charge on any atom is 0.256 e. The van der Waals surface area contributed by atoms with Crippen LogP contribution in [0.2, 0.25) is 10.0 Å². The van der Waals surface area contributed by atoms with Gasteiger partial charge in [-0.05, 0) is 49.2 Å². The van der Waals surface area contributed by atoms with Crippen LogP contribution >= 0.6 is 23.2 Å². The average molecular weight is 479 g/mol. The Hall–Kier alpha value is -2.39. The molecule has 1 amide bonds. The van der Waals surface area contributed by atoms with Crippen molar-refractivity contribution in [2.24, 2.45) is 0 Å². The molecule has 0 radical (unpaired) electrons. The minimum atomic E-state index is -3.52. The van der Waals surface area contributed by atoms with Gasteiger partial charge in [0.1, 0.15) is 5.82 Å². The number of carbonyl (C=O) groups excluding carboxylic acids is 1. The van der Waals surface area contributed by atoms with E-state index in [2.05, 4.69) is 10.4 Å². The van der Waals surface area contributed by atoms with Crippen molar-refractivity contribution in [3.8, 4) is 0 Å². The highest BCUT2D eigenvalue weighted by molar-refractivity contribution is 7.89. The van der Waals surface area contributed by atoms with Gasteiger partial charge in [-0.3, -0.25) is 4.79 Å². The molecule has 2 aromatic carbocycles. The molecule has 1 aromatic heterocycles. The highest BCUT2D eigenvalue weighted by atomic mass is 35.5. The van der Waals surface area contributed by atoms with Crippen LogP contribution in [0.1, 0.15) is 28.8 Å². The molecule has 4 rings (SSSR count). The lowest BCUT2D eigenvalue weighted by molar-refractivity contribution is 0.102. The Morgan fingerprint density at radius 1 is 1.00 bits per heavy atom. The molecular weight excluding hydrogens is 459 g/mol. The molecule has 162 valence electrons. The van der Waals surface area contributed by atoms with Crippen molar-refractivity contribution in [1.82, 2.24) is 14.1 Å². The zero-order valence-corrected chi connectivity index (χ0v) is 18.8. The molecule has 0 atom stereocenters. The molecule has 0 bridgehead atoms. The van der Waals surface area contributed by atoms with Crippen LogP contribution < -0.4 is 5.32 Å². The molecule has 1 N–H and O–H groups in total. The van der Waals surface area contributed by atoms with Crippen LogP contribution in [0.3, 0.4) is 0 Å². The maximum atomic E-state index is 12.7. The number of amides is 1. The molecule has 1 aliphatic heterocycles. The SMILES string of the molecule is O=C(Nc1ccnn1Cc1c(Cl)cccc1Cl)c1ccc(S(=O)(=O)N2CCCC2)cc1. The van der Waals surface area contributed by atoms with Crippen molar-refractivity contribution in [2.45, 2.75) is 24.3 Å². The third-order valence-corrected chi connectivity index (χ3v) is 7.77. The van der Waals surface area contributed by atoms with Crippen molar-refractivity contribution < 1.29 is 13.2 Å². The van der Waals surface area contributed by atoms with E-state index < -0.39 is 10.0 Å². The number of rotatable bonds is 6. The number of halogens is 2. The summed E-state index contributed by atoms with van der Waals surface area (Å²) < 4.78 is 28.3. The fourth-order valence-corrected chi connectivity index (χ4v) is 5.48. The molecule has 10 heteroatoms. The van der Waals surface area contributed by atoms with Crippen molar-refractivity contribution in [3.05, 3.63) is 75.9 Å². The Labute approximate surface area is 190 Å². The van der Waals surface area contributed by atoms with Gasteiger partial charge in [-0.15, -0.1) is 0 Å². The van der Waals surface area contributed by atoms with E-state index in [1.807, 2.05) is 0 Å². The fourth-order valence-electron chi connectivity index (χ4n) is 3.44. The number of carbonyl (C=O) groups is 1. The number of hydrogen-bond donors (Lipinski definition) is 1. The van der Waals surface area contributed by atoms with Crippen molar-refractivity contribution >= 4 is 45.0 Å². The van der Waals surface area contributed by atoms with Crippen molar-refractivity contribution in [1.29, 1.82) is 0 Å². The Balaban J connectivity index is 1.49. The maximum absolute atomic E-state index is 12.7. The summed E-state index contributed by atoms with van der Waals surface area (Å²) in [5.41, 5.74) is 1.03. The number of nitrogens with one attached hydrogen (secondary N) is 1. The molecule has 0 unspecified atom stereocenters. The van der Waals surface area contributed by atoms with Gasteiger partial charge < -0.3 is 5.32 Å². The second kappa shape index (κ2) is 9.00. The van der Waals surface area contributed by atoms with E-state index in [1.165, 1.54) is 28.6 Å². The van der Waals surface area contributed by atoms with Crippen LogP contribution in [0.15, 0.2) is 59.6 Å². The lowest BCUT2D eigenvalue weighted by atomic mass is 10.2. The lowest BCUT2D eigenvalue weighted by Gasteiger charge is -2.15. The van der Waals surface area contributed by atoms with E-state index in [4.69, 9.17) is 23.2 Å². The third-order valence-electron chi connectivity index (χ3n) is 5.15. The monoisotopic (exact) mass is 478 g/mol. The zero-order valence-electron chi connectivity index (χ0n) is 16.5. The van der Waals surface area contributed by atoms with Crippen LogP contribution in [0.25, 0.3) is 0 Å². The Morgan fingerprint density at radius 3 is 2.29 bits per heavy atom. The van der Waals surface area contributed by atoms with Gasteiger partial charge in [0.15, 0.2) is 0 Å². The molecule has 0 aliphatic carbocycles. The summed E-state index contributed by atoms with van der Waals surface area (Å²) in [5.74, 6) is 0.0897. The smallest absolute Gasteiger partial charge is 0.256 e. The number of nitrogens with zero attached hydrogens (tertiary/aromatic N) is 3. The zero-order chi connectivity index (χ0) is 22.0. The predicted octanol–water partition coefficient (Wildman–Crippen LogP) is 4.28. The number of aromatic nitrogens is 2. The molecule has 7 nitrogen and oxygen atoms in total. The van der Waals surface area contributed by atoms with Crippen LogP contribution in [-0.4, -0.2) is 41.5 Å². The van der Waals surface area contributed by atoms with Gasteiger partial charge in [-0.25, -0.2) is 13.1 Å². The van der Waals surface area contributed by atoms with Crippen molar-refractivity contribution in [2.75, 3.05) is 18.4 Å². The summed E-state index contributed by atoms with van der Waals surface area (Å²) in [4.78, 5) is 12.9. The predicted molar refractivity (Wildman–Crippen MR) is 120 cm³/mol. The lowest BCUT2D eigenvalue weighted by Crippen LogP contribution is -2.27. The van der Waals surface area contributed by atoms with Gasteiger partial charge in [0, 0.05) is 40.3 Å². The molecular formula is C21H20Cl2N4O3S. The van der Waals surface area contributed by atoms with Gasteiger partial charge in [-0.2, -0.15) is 9.40 Å². The van der Waals surface area contributed by atoms with Crippen LogP contribution in [-0.2, 0) is 16.6 Å². The molecule has 2 heterocycles. The van der Waals surface area contributed by atoms with Gasteiger partial charge in [0.25, 0.3) is 5.91 Å². The summed E-state index contributed by atoms with van der Waals surface area (Å²) in [6, 6.07) is 12.8. The number of anilines is 1. The van der Waals surface area contributed by atoms with Gasteiger partial charge >= 0.3 is 0 Å².